The standard InChI is InChI=1S/C9H16O2/c1-3-6-9(10)7-5-8-11-4-2/h3H,1,4-8H2,2H3. The third-order valence-corrected chi connectivity index (χ3v) is 1.32. The minimum absolute atomic E-state index is 0.250. The molecule has 0 aromatic heterocycles. The minimum atomic E-state index is 0.250. The highest BCUT2D eigenvalue weighted by molar-refractivity contribution is 5.79. The predicted molar refractivity (Wildman–Crippen MR) is 45.5 cm³/mol. The highest BCUT2D eigenvalue weighted by atomic mass is 16.5. The lowest BCUT2D eigenvalue weighted by Gasteiger charge is -1.98. The molecule has 0 radical (unpaired) electrons. The number of ketones is 1. The molecule has 0 saturated heterocycles. The molecular formula is C9H16O2. The van der Waals surface area contributed by atoms with Gasteiger partial charge in [-0.05, 0) is 13.3 Å². The van der Waals surface area contributed by atoms with Gasteiger partial charge in [-0.25, -0.2) is 0 Å². The molecule has 0 spiro atoms. The summed E-state index contributed by atoms with van der Waals surface area (Å²) in [5, 5.41) is 0. The van der Waals surface area contributed by atoms with Gasteiger partial charge in [0.05, 0.1) is 0 Å². The Hall–Kier alpha value is -0.630. The zero-order valence-corrected chi connectivity index (χ0v) is 7.14. The van der Waals surface area contributed by atoms with E-state index in [0.29, 0.717) is 19.4 Å². The summed E-state index contributed by atoms with van der Waals surface area (Å²) in [6.45, 7) is 6.87. The number of hydrogen-bond acceptors (Lipinski definition) is 2. The monoisotopic (exact) mass is 156 g/mol. The Morgan fingerprint density at radius 3 is 2.91 bits per heavy atom. The molecule has 0 aliphatic rings. The summed E-state index contributed by atoms with van der Waals surface area (Å²) in [4.78, 5) is 10.9. The third kappa shape index (κ3) is 7.26. The van der Waals surface area contributed by atoms with Crippen LogP contribution in [0.3, 0.4) is 0 Å². The van der Waals surface area contributed by atoms with Crippen molar-refractivity contribution in [3.05, 3.63) is 12.7 Å². The van der Waals surface area contributed by atoms with Crippen LogP contribution in [-0.2, 0) is 9.53 Å². The van der Waals surface area contributed by atoms with Crippen LogP contribution in [-0.4, -0.2) is 19.0 Å². The van der Waals surface area contributed by atoms with Gasteiger partial charge in [-0.1, -0.05) is 6.08 Å². The maximum Gasteiger partial charge on any atom is 0.136 e. The molecule has 0 aromatic carbocycles. The molecule has 0 saturated carbocycles. The summed E-state index contributed by atoms with van der Waals surface area (Å²) in [7, 11) is 0. The first kappa shape index (κ1) is 10.4. The summed E-state index contributed by atoms with van der Waals surface area (Å²) in [5.41, 5.74) is 0. The first-order valence-corrected chi connectivity index (χ1v) is 4.01. The summed E-state index contributed by atoms with van der Waals surface area (Å²) in [5.74, 6) is 0.250. The van der Waals surface area contributed by atoms with Crippen molar-refractivity contribution in [3.63, 3.8) is 0 Å². The van der Waals surface area contributed by atoms with E-state index < -0.39 is 0 Å². The number of carbonyl (C=O) groups excluding carboxylic acids is 1. The summed E-state index contributed by atoms with van der Waals surface area (Å²) in [6.07, 6.45) is 3.58. The SMILES string of the molecule is C=CCC(=O)CCCOCC. The van der Waals surface area contributed by atoms with Gasteiger partial charge in [-0.2, -0.15) is 0 Å². The Morgan fingerprint density at radius 1 is 1.64 bits per heavy atom. The minimum Gasteiger partial charge on any atom is -0.382 e. The topological polar surface area (TPSA) is 26.3 Å². The van der Waals surface area contributed by atoms with E-state index in [0.717, 1.165) is 13.0 Å². The zero-order valence-electron chi connectivity index (χ0n) is 7.14. The number of ether oxygens (including phenoxy) is 1. The fourth-order valence-corrected chi connectivity index (χ4v) is 0.779. The molecule has 0 fully saturated rings. The van der Waals surface area contributed by atoms with Crippen molar-refractivity contribution < 1.29 is 9.53 Å². The Balaban J connectivity index is 3.10. The van der Waals surface area contributed by atoms with Crippen LogP contribution in [0.5, 0.6) is 0 Å². The van der Waals surface area contributed by atoms with E-state index in [1.54, 1.807) is 6.08 Å². The molecular weight excluding hydrogens is 140 g/mol. The molecule has 0 rings (SSSR count). The Morgan fingerprint density at radius 2 is 2.36 bits per heavy atom. The third-order valence-electron chi connectivity index (χ3n) is 1.32. The smallest absolute Gasteiger partial charge is 0.136 e. The molecule has 0 heterocycles. The zero-order chi connectivity index (χ0) is 8.53. The molecule has 0 N–H and O–H groups in total. The van der Waals surface area contributed by atoms with E-state index in [9.17, 15) is 4.79 Å². The van der Waals surface area contributed by atoms with E-state index >= 15 is 0 Å². The van der Waals surface area contributed by atoms with Crippen LogP contribution in [0.25, 0.3) is 0 Å². The number of allylic oxidation sites excluding steroid dienone is 1. The van der Waals surface area contributed by atoms with Crippen LogP contribution < -0.4 is 0 Å². The van der Waals surface area contributed by atoms with Crippen LogP contribution >= 0.6 is 0 Å². The van der Waals surface area contributed by atoms with E-state index in [2.05, 4.69) is 6.58 Å². The van der Waals surface area contributed by atoms with Crippen LogP contribution in [0.15, 0.2) is 12.7 Å². The van der Waals surface area contributed by atoms with Gasteiger partial charge in [-0.15, -0.1) is 6.58 Å². The van der Waals surface area contributed by atoms with Gasteiger partial charge in [0.1, 0.15) is 5.78 Å². The van der Waals surface area contributed by atoms with E-state index in [4.69, 9.17) is 4.74 Å². The van der Waals surface area contributed by atoms with Crippen LogP contribution in [0.1, 0.15) is 26.2 Å². The van der Waals surface area contributed by atoms with Gasteiger partial charge < -0.3 is 4.74 Å². The van der Waals surface area contributed by atoms with E-state index in [1.165, 1.54) is 0 Å². The van der Waals surface area contributed by atoms with Gasteiger partial charge >= 0.3 is 0 Å². The fraction of sp³-hybridized carbons (Fsp3) is 0.667. The van der Waals surface area contributed by atoms with Gasteiger partial charge in [0.15, 0.2) is 0 Å². The van der Waals surface area contributed by atoms with E-state index in [1.807, 2.05) is 6.92 Å². The molecule has 0 aliphatic carbocycles. The average Bonchev–Trinajstić information content (AvgIpc) is 1.99. The quantitative estimate of drug-likeness (QED) is 0.416. The molecule has 11 heavy (non-hydrogen) atoms. The second-order valence-electron chi connectivity index (χ2n) is 2.33. The summed E-state index contributed by atoms with van der Waals surface area (Å²) >= 11 is 0. The molecule has 0 atom stereocenters. The number of hydrogen-bond donors (Lipinski definition) is 0. The number of carbonyl (C=O) groups is 1. The molecule has 0 bridgehead atoms. The highest BCUT2D eigenvalue weighted by Gasteiger charge is 1.97. The molecule has 2 nitrogen and oxygen atoms in total. The number of Topliss-reactive ketones (excluding diaryl/α,β-unsaturated/α-hetero) is 1. The normalized spacial score (nSPS) is 9.55. The van der Waals surface area contributed by atoms with Gasteiger partial charge in [0.2, 0.25) is 0 Å². The molecule has 0 unspecified atom stereocenters. The van der Waals surface area contributed by atoms with Crippen LogP contribution in [0.2, 0.25) is 0 Å². The lowest BCUT2D eigenvalue weighted by Crippen LogP contribution is -1.99. The number of rotatable bonds is 7. The van der Waals surface area contributed by atoms with Crippen LogP contribution in [0.4, 0.5) is 0 Å². The summed E-state index contributed by atoms with van der Waals surface area (Å²) < 4.78 is 5.08. The Kier molecular flexibility index (Phi) is 7.05. The van der Waals surface area contributed by atoms with Gasteiger partial charge in [0, 0.05) is 26.1 Å². The van der Waals surface area contributed by atoms with Crippen molar-refractivity contribution in [2.24, 2.45) is 0 Å². The fourth-order valence-electron chi connectivity index (χ4n) is 0.779. The largest absolute Gasteiger partial charge is 0.382 e. The van der Waals surface area contributed by atoms with Crippen molar-refractivity contribution in [1.82, 2.24) is 0 Å². The second kappa shape index (κ2) is 7.48. The predicted octanol–water partition coefficient (Wildman–Crippen LogP) is 1.95. The molecule has 0 aliphatic heterocycles. The second-order valence-corrected chi connectivity index (χ2v) is 2.33. The average molecular weight is 156 g/mol. The van der Waals surface area contributed by atoms with Crippen molar-refractivity contribution in [2.45, 2.75) is 26.2 Å². The molecule has 2 heteroatoms. The van der Waals surface area contributed by atoms with Gasteiger partial charge in [-0.3, -0.25) is 4.79 Å². The van der Waals surface area contributed by atoms with Crippen molar-refractivity contribution >= 4 is 5.78 Å². The Bertz CT molecular complexity index is 119. The van der Waals surface area contributed by atoms with Crippen molar-refractivity contribution in [1.29, 1.82) is 0 Å². The van der Waals surface area contributed by atoms with E-state index in [-0.39, 0.29) is 5.78 Å². The maximum atomic E-state index is 10.9. The van der Waals surface area contributed by atoms with Crippen molar-refractivity contribution in [2.75, 3.05) is 13.2 Å². The highest BCUT2D eigenvalue weighted by Crippen LogP contribution is 1.95. The first-order chi connectivity index (χ1) is 5.31. The molecule has 64 valence electrons. The van der Waals surface area contributed by atoms with Crippen molar-refractivity contribution in [3.8, 4) is 0 Å². The first-order valence-electron chi connectivity index (χ1n) is 4.01. The molecule has 0 aromatic rings. The molecule has 0 amide bonds. The lowest BCUT2D eigenvalue weighted by molar-refractivity contribution is -0.118. The summed E-state index contributed by atoms with van der Waals surface area (Å²) in [6, 6.07) is 0. The lowest BCUT2D eigenvalue weighted by atomic mass is 10.2. The van der Waals surface area contributed by atoms with Crippen LogP contribution in [0, 0.1) is 0 Å². The van der Waals surface area contributed by atoms with Gasteiger partial charge in [0.25, 0.3) is 0 Å². The maximum absolute atomic E-state index is 10.9. The Labute approximate surface area is 68.2 Å².